The van der Waals surface area contributed by atoms with Crippen molar-refractivity contribution in [3.05, 3.63) is 74.5 Å². The number of allylic oxidation sites excluding steroid dienone is 3. The highest BCUT2D eigenvalue weighted by molar-refractivity contribution is 6.36. The van der Waals surface area contributed by atoms with Crippen LogP contribution in [0.4, 0.5) is 21.5 Å². The topological polar surface area (TPSA) is 227 Å². The zero-order chi connectivity index (χ0) is 60.3. The molecule has 3 saturated heterocycles. The molecule has 0 saturated carbocycles. The van der Waals surface area contributed by atoms with Crippen molar-refractivity contribution in [3.63, 3.8) is 0 Å². The lowest BCUT2D eigenvalue weighted by molar-refractivity contribution is 0.0835. The van der Waals surface area contributed by atoms with Crippen molar-refractivity contribution >= 4 is 57.0 Å². The van der Waals surface area contributed by atoms with Gasteiger partial charge in [0.05, 0.1) is 57.8 Å². The Morgan fingerprint density at radius 3 is 1.57 bits per heavy atom. The van der Waals surface area contributed by atoms with Crippen LogP contribution in [-0.2, 0) is 6.42 Å². The zero-order valence-corrected chi connectivity index (χ0v) is 53.2. The van der Waals surface area contributed by atoms with Crippen LogP contribution < -0.4 is 103 Å². The van der Waals surface area contributed by atoms with E-state index in [0.29, 0.717) is 114 Å². The fourth-order valence-electron chi connectivity index (χ4n) is 13.8. The number of anilines is 3. The average Bonchev–Trinajstić information content (AvgIpc) is 1.56. The maximum absolute atomic E-state index is 17.0. The Morgan fingerprint density at radius 1 is 0.517 bits per heavy atom. The number of benzene rings is 3. The summed E-state index contributed by atoms with van der Waals surface area (Å²) in [5.41, 5.74) is 8.63. The fourth-order valence-corrected chi connectivity index (χ4v) is 14.4. The molecule has 12 rings (SSSR count). The maximum Gasteiger partial charge on any atom is 0.170 e. The van der Waals surface area contributed by atoms with Crippen molar-refractivity contribution in [1.82, 2.24) is 63.8 Å². The van der Waals surface area contributed by atoms with Gasteiger partial charge in [0.15, 0.2) is 28.8 Å². The largest absolute Gasteiger partial charge is 0.492 e. The number of halogens is 3. The highest BCUT2D eigenvalue weighted by atomic mass is 35.5. The third-order valence-electron chi connectivity index (χ3n) is 18.6. The Hall–Kier alpha value is -4.69. The Morgan fingerprint density at radius 2 is 1.00 bits per heavy atom. The molecule has 0 bridgehead atoms. The number of ether oxygens (including phenoxy) is 5. The molecule has 0 amide bonds. The molecule has 11 unspecified atom stereocenters. The third kappa shape index (κ3) is 14.9. The second kappa shape index (κ2) is 28.2. The highest BCUT2D eigenvalue weighted by Gasteiger charge is 2.36. The Balaban J connectivity index is 0.716. The van der Waals surface area contributed by atoms with E-state index in [-0.39, 0.29) is 73.3 Å². The molecule has 14 atom stereocenters. The minimum absolute atomic E-state index is 0.0387. The molecule has 9 aliphatic heterocycles. The molecular formula is C64H94Cl2FN15O5. The van der Waals surface area contributed by atoms with Crippen LogP contribution in [0.2, 0.25) is 10.0 Å². The van der Waals surface area contributed by atoms with Gasteiger partial charge < -0.3 is 66.2 Å². The number of fused-ring (bicyclic) bond motifs is 3. The normalized spacial score (nSPS) is 32.0. The SMILES string of the molecule is CNC1CC(C)NC(Nc2cc3c(c(C4=CCN[C@@H](C)CC4)c2F)OCC(CNC2CC(C)NC(Nc4cc5c(c(C6=CCN[C@H](C)CC6)c4Cl)OCC(CNC4CC(C)NC(Nc6cc7c(c(C8=CCN[C@@H](C)CC8)c6Cl)OCCO7)N4)O5)N2)C3)N1. The van der Waals surface area contributed by atoms with Crippen molar-refractivity contribution in [3.8, 4) is 28.7 Å². The van der Waals surface area contributed by atoms with E-state index in [9.17, 15) is 0 Å². The van der Waals surface area contributed by atoms with Crippen LogP contribution in [-0.4, -0.2) is 146 Å². The van der Waals surface area contributed by atoms with E-state index in [2.05, 4.69) is 140 Å². The average molecular weight is 1240 g/mol. The van der Waals surface area contributed by atoms with Gasteiger partial charge in [0.2, 0.25) is 0 Å². The van der Waals surface area contributed by atoms with Crippen LogP contribution in [0.5, 0.6) is 28.7 Å². The first-order valence-corrected chi connectivity index (χ1v) is 33.0. The van der Waals surface area contributed by atoms with Gasteiger partial charge >= 0.3 is 0 Å². The Labute approximate surface area is 523 Å². The van der Waals surface area contributed by atoms with Crippen molar-refractivity contribution in [2.75, 3.05) is 82.1 Å². The molecule has 3 fully saturated rings. The predicted molar refractivity (Wildman–Crippen MR) is 347 cm³/mol. The van der Waals surface area contributed by atoms with Gasteiger partial charge in [-0.1, -0.05) is 41.4 Å². The molecule has 0 radical (unpaired) electrons. The minimum Gasteiger partial charge on any atom is -0.492 e. The zero-order valence-electron chi connectivity index (χ0n) is 51.7. The summed E-state index contributed by atoms with van der Waals surface area (Å²) >= 11 is 14.9. The second-order valence-corrected chi connectivity index (χ2v) is 26.5. The lowest BCUT2D eigenvalue weighted by atomic mass is 9.89. The number of hydrogen-bond acceptors (Lipinski definition) is 20. The molecule has 3 aromatic carbocycles. The van der Waals surface area contributed by atoms with E-state index in [1.165, 1.54) is 0 Å². The summed E-state index contributed by atoms with van der Waals surface area (Å²) in [7, 11) is 1.95. The minimum atomic E-state index is -0.339. The Bertz CT molecular complexity index is 3030. The molecule has 0 aromatic heterocycles. The monoisotopic (exact) mass is 1240 g/mol. The first-order chi connectivity index (χ1) is 42.2. The number of hydrogen-bond donors (Lipinski definition) is 15. The van der Waals surface area contributed by atoms with Gasteiger partial charge in [-0.15, -0.1) is 0 Å². The fraction of sp³-hybridized carbons (Fsp3) is 0.625. The van der Waals surface area contributed by atoms with Crippen LogP contribution in [0.15, 0.2) is 36.4 Å². The van der Waals surface area contributed by atoms with Gasteiger partial charge in [-0.2, -0.15) is 0 Å². The van der Waals surface area contributed by atoms with Gasteiger partial charge in [-0.05, 0) is 141 Å². The molecule has 0 aliphatic carbocycles. The molecular weight excluding hydrogens is 1150 g/mol. The summed E-state index contributed by atoms with van der Waals surface area (Å²) < 4.78 is 49.7. The summed E-state index contributed by atoms with van der Waals surface area (Å²) in [5.74, 6) is 3.27. The first-order valence-electron chi connectivity index (χ1n) is 32.2. The quantitative estimate of drug-likeness (QED) is 0.0705. The summed E-state index contributed by atoms with van der Waals surface area (Å²) in [6.07, 6.45) is 14.1. The number of rotatable bonds is 16. The first kappa shape index (κ1) is 62.5. The maximum atomic E-state index is 17.0. The van der Waals surface area contributed by atoms with Crippen molar-refractivity contribution < 1.29 is 28.1 Å². The van der Waals surface area contributed by atoms with E-state index in [0.717, 1.165) is 122 Å². The Kier molecular flexibility index (Phi) is 20.3. The molecule has 3 aromatic rings. The molecule has 20 nitrogen and oxygen atoms in total. The van der Waals surface area contributed by atoms with Gasteiger partial charge in [-0.3, -0.25) is 37.2 Å². The molecule has 23 heteroatoms. The van der Waals surface area contributed by atoms with Gasteiger partial charge in [0.1, 0.15) is 50.5 Å². The van der Waals surface area contributed by atoms with Gasteiger partial charge in [0.25, 0.3) is 0 Å². The standard InChI is InChI=1S/C64H94Cl2FN15O5/c1-33-8-11-40(14-17-69-33)53-56(65)45(27-48-60(53)84-21-20-83-48)77-62-76-38(6)24-52(82-62)73-30-44-32-86-61-49(87-44)28-46(57(66)54(61)41-12-9-34(2)70-18-15-41)78-63-75-37(5)23-51(81-63)72-29-39-25-43-26-47(79-64-74-36(4)22-50(68-7)80-64)58(67)55(59(43)85-31-39)42-13-10-35(3)71-19-16-42/h14-16,26-28,33-39,44,50-52,62-64,68-82H,8-13,17-25,29-32H2,1-7H3/t33-,34+,35-,36?,37?,38?,39?,44?,50?,51?,52?,62?,63?,64?/m0/s1. The van der Waals surface area contributed by atoms with E-state index in [1.54, 1.807) is 0 Å². The van der Waals surface area contributed by atoms with Crippen LogP contribution in [0, 0.1) is 11.7 Å². The smallest absolute Gasteiger partial charge is 0.170 e. The van der Waals surface area contributed by atoms with Crippen LogP contribution in [0.1, 0.15) is 122 Å². The van der Waals surface area contributed by atoms with Crippen LogP contribution in [0.25, 0.3) is 16.7 Å². The van der Waals surface area contributed by atoms with Crippen molar-refractivity contribution in [1.29, 1.82) is 0 Å². The third-order valence-corrected chi connectivity index (χ3v) is 19.4. The molecule has 476 valence electrons. The summed E-state index contributed by atoms with van der Waals surface area (Å²) in [4.78, 5) is 0. The summed E-state index contributed by atoms with van der Waals surface area (Å²) in [6, 6.07) is 7.60. The van der Waals surface area contributed by atoms with E-state index in [1.807, 2.05) is 25.2 Å². The highest BCUT2D eigenvalue weighted by Crippen LogP contribution is 2.50. The molecule has 9 aliphatic rings. The molecule has 9 heterocycles. The molecule has 87 heavy (non-hydrogen) atoms. The number of nitrogens with one attached hydrogen (secondary N) is 15. The van der Waals surface area contributed by atoms with Crippen molar-refractivity contribution in [2.24, 2.45) is 5.92 Å². The summed E-state index contributed by atoms with van der Waals surface area (Å²) in [5, 5.41) is 55.9. The lowest BCUT2D eigenvalue weighted by Gasteiger charge is -2.39. The summed E-state index contributed by atoms with van der Waals surface area (Å²) in [6.45, 7) is 18.4. The van der Waals surface area contributed by atoms with E-state index < -0.39 is 0 Å². The van der Waals surface area contributed by atoms with Gasteiger partial charge in [-0.25, -0.2) is 4.39 Å². The van der Waals surface area contributed by atoms with Crippen molar-refractivity contribution in [2.45, 2.75) is 185 Å². The van der Waals surface area contributed by atoms with Gasteiger partial charge in [0, 0.05) is 98.2 Å². The lowest BCUT2D eigenvalue weighted by Crippen LogP contribution is -2.65. The van der Waals surface area contributed by atoms with Crippen LogP contribution in [0.3, 0.4) is 0 Å². The van der Waals surface area contributed by atoms with E-state index >= 15 is 4.39 Å². The molecule has 15 N–H and O–H groups in total. The molecule has 0 spiro atoms. The van der Waals surface area contributed by atoms with Crippen LogP contribution >= 0.6 is 23.2 Å². The second-order valence-electron chi connectivity index (χ2n) is 25.7. The van der Waals surface area contributed by atoms with E-state index in [4.69, 9.17) is 46.9 Å². The predicted octanol–water partition coefficient (Wildman–Crippen LogP) is 6.84.